The van der Waals surface area contributed by atoms with Crippen molar-refractivity contribution in [1.82, 2.24) is 0 Å². The monoisotopic (exact) mass is 282 g/mol. The van der Waals surface area contributed by atoms with Gasteiger partial charge in [-0.05, 0) is 6.42 Å². The number of carbonyl (C=O) groups excluding carboxylic acids is 3. The number of hydrogen-bond donors (Lipinski definition) is 0. The number of ketones is 2. The molecule has 0 aromatic heterocycles. The Balaban J connectivity index is 2.05. The van der Waals surface area contributed by atoms with Crippen molar-refractivity contribution < 1.29 is 19.1 Å². The molecule has 20 heavy (non-hydrogen) atoms. The van der Waals surface area contributed by atoms with E-state index in [1.165, 1.54) is 25.7 Å². The zero-order valence-corrected chi connectivity index (χ0v) is 12.5. The summed E-state index contributed by atoms with van der Waals surface area (Å²) < 4.78 is 4.74. The van der Waals surface area contributed by atoms with Gasteiger partial charge >= 0.3 is 5.97 Å². The van der Waals surface area contributed by atoms with E-state index in [1.54, 1.807) is 0 Å². The Morgan fingerprint density at radius 1 is 1.10 bits per heavy atom. The van der Waals surface area contributed by atoms with E-state index >= 15 is 0 Å². The van der Waals surface area contributed by atoms with E-state index in [2.05, 4.69) is 6.92 Å². The molecule has 0 radical (unpaired) electrons. The zero-order chi connectivity index (χ0) is 14.8. The molecule has 1 rings (SSSR count). The fraction of sp³-hybridized carbons (Fsp3) is 0.812. The summed E-state index contributed by atoms with van der Waals surface area (Å²) in [4.78, 5) is 34.7. The summed E-state index contributed by atoms with van der Waals surface area (Å²) in [5.74, 6) is -1.45. The normalized spacial score (nSPS) is 18.1. The highest BCUT2D eigenvalue weighted by Crippen LogP contribution is 2.18. The van der Waals surface area contributed by atoms with Crippen LogP contribution in [0.3, 0.4) is 0 Å². The first-order valence-electron chi connectivity index (χ1n) is 7.86. The van der Waals surface area contributed by atoms with Crippen molar-refractivity contribution in [1.29, 1.82) is 0 Å². The first-order chi connectivity index (χ1) is 9.65. The van der Waals surface area contributed by atoms with Gasteiger partial charge in [0.25, 0.3) is 0 Å². The van der Waals surface area contributed by atoms with Crippen molar-refractivity contribution in [3.63, 3.8) is 0 Å². The van der Waals surface area contributed by atoms with E-state index in [-0.39, 0.29) is 18.0 Å². The number of unbranched alkanes of at least 4 members (excludes halogenated alkanes) is 6. The Labute approximate surface area is 121 Å². The van der Waals surface area contributed by atoms with Crippen LogP contribution in [0.15, 0.2) is 0 Å². The molecule has 0 bridgehead atoms. The molecule has 1 heterocycles. The number of esters is 1. The Morgan fingerprint density at radius 2 is 1.75 bits per heavy atom. The second-order valence-electron chi connectivity index (χ2n) is 5.56. The Kier molecular flexibility index (Phi) is 8.16. The minimum Gasteiger partial charge on any atom is -0.465 e. The number of cyclic esters (lactones) is 1. The minimum absolute atomic E-state index is 0.0386. The minimum atomic E-state index is -0.687. The highest BCUT2D eigenvalue weighted by molar-refractivity contribution is 6.08. The summed E-state index contributed by atoms with van der Waals surface area (Å²) in [6.07, 6.45) is 8.88. The van der Waals surface area contributed by atoms with E-state index in [0.29, 0.717) is 19.4 Å². The second-order valence-corrected chi connectivity index (χ2v) is 5.56. The van der Waals surface area contributed by atoms with E-state index in [0.717, 1.165) is 19.3 Å². The first kappa shape index (κ1) is 16.9. The number of rotatable bonds is 11. The summed E-state index contributed by atoms with van der Waals surface area (Å²) in [5.41, 5.74) is 0. The lowest BCUT2D eigenvalue weighted by molar-refractivity contribution is -0.144. The molecule has 0 N–H and O–H groups in total. The smallest absolute Gasteiger partial charge is 0.316 e. The Hall–Kier alpha value is -1.19. The second kappa shape index (κ2) is 9.67. The Bertz CT molecular complexity index is 335. The van der Waals surface area contributed by atoms with Crippen LogP contribution in [0.4, 0.5) is 0 Å². The van der Waals surface area contributed by atoms with Crippen molar-refractivity contribution in [2.45, 2.75) is 71.1 Å². The van der Waals surface area contributed by atoms with Gasteiger partial charge in [-0.3, -0.25) is 14.4 Å². The van der Waals surface area contributed by atoms with Gasteiger partial charge in [-0.25, -0.2) is 0 Å². The van der Waals surface area contributed by atoms with Crippen molar-refractivity contribution in [3.8, 4) is 0 Å². The fourth-order valence-electron chi connectivity index (χ4n) is 2.47. The predicted octanol–water partition coefficient (Wildman–Crippen LogP) is 3.22. The van der Waals surface area contributed by atoms with Gasteiger partial charge in [0.05, 0.1) is 13.0 Å². The molecule has 0 aromatic carbocycles. The molecular weight excluding hydrogens is 256 g/mol. The molecule has 1 saturated heterocycles. The molecule has 0 aromatic rings. The van der Waals surface area contributed by atoms with E-state index in [1.807, 2.05) is 0 Å². The van der Waals surface area contributed by atoms with Gasteiger partial charge in [0, 0.05) is 12.8 Å². The SMILES string of the molecule is CCCCCCCCCC(=O)CC(=O)[C@@H]1CCOC1=O. The van der Waals surface area contributed by atoms with Crippen LogP contribution in [0.1, 0.15) is 71.1 Å². The van der Waals surface area contributed by atoms with Crippen molar-refractivity contribution in [2.24, 2.45) is 5.92 Å². The summed E-state index contributed by atoms with van der Waals surface area (Å²) in [6.45, 7) is 2.50. The summed E-state index contributed by atoms with van der Waals surface area (Å²) in [6, 6.07) is 0. The molecule has 0 unspecified atom stereocenters. The molecular formula is C16H26O4. The summed E-state index contributed by atoms with van der Waals surface area (Å²) >= 11 is 0. The van der Waals surface area contributed by atoms with Crippen LogP contribution in [-0.4, -0.2) is 24.1 Å². The molecule has 0 aliphatic carbocycles. The largest absolute Gasteiger partial charge is 0.465 e. The third-order valence-corrected chi connectivity index (χ3v) is 3.75. The van der Waals surface area contributed by atoms with Crippen LogP contribution in [0.25, 0.3) is 0 Å². The highest BCUT2D eigenvalue weighted by atomic mass is 16.5. The van der Waals surface area contributed by atoms with Crippen LogP contribution >= 0.6 is 0 Å². The third kappa shape index (κ3) is 6.31. The topological polar surface area (TPSA) is 60.4 Å². The highest BCUT2D eigenvalue weighted by Gasteiger charge is 2.33. The van der Waals surface area contributed by atoms with Gasteiger partial charge in [-0.1, -0.05) is 45.4 Å². The van der Waals surface area contributed by atoms with Gasteiger partial charge in [0.2, 0.25) is 0 Å². The molecule has 1 fully saturated rings. The van der Waals surface area contributed by atoms with Crippen molar-refractivity contribution in [2.75, 3.05) is 6.61 Å². The van der Waals surface area contributed by atoms with Crippen molar-refractivity contribution >= 4 is 17.5 Å². The standard InChI is InChI=1S/C16H26O4/c1-2-3-4-5-6-7-8-9-13(17)12-15(18)14-10-11-20-16(14)19/h14H,2-12H2,1H3/t14-/m0/s1. The number of carbonyl (C=O) groups is 3. The molecule has 1 aliphatic heterocycles. The first-order valence-corrected chi connectivity index (χ1v) is 7.86. The zero-order valence-electron chi connectivity index (χ0n) is 12.5. The summed E-state index contributed by atoms with van der Waals surface area (Å²) in [5, 5.41) is 0. The fourth-order valence-corrected chi connectivity index (χ4v) is 2.47. The van der Waals surface area contributed by atoms with Crippen LogP contribution in [0.5, 0.6) is 0 Å². The molecule has 114 valence electrons. The third-order valence-electron chi connectivity index (χ3n) is 3.75. The maximum absolute atomic E-state index is 11.8. The van der Waals surface area contributed by atoms with Gasteiger partial charge in [0.15, 0.2) is 5.78 Å². The van der Waals surface area contributed by atoms with Crippen LogP contribution in [0.2, 0.25) is 0 Å². The van der Waals surface area contributed by atoms with Gasteiger partial charge in [-0.15, -0.1) is 0 Å². The number of ether oxygens (including phenoxy) is 1. The molecule has 0 spiro atoms. The number of hydrogen-bond acceptors (Lipinski definition) is 4. The van der Waals surface area contributed by atoms with Crippen LogP contribution < -0.4 is 0 Å². The molecule has 0 amide bonds. The lowest BCUT2D eigenvalue weighted by Gasteiger charge is -2.04. The molecule has 4 nitrogen and oxygen atoms in total. The van der Waals surface area contributed by atoms with E-state index in [4.69, 9.17) is 4.74 Å². The quantitative estimate of drug-likeness (QED) is 0.331. The lowest BCUT2D eigenvalue weighted by atomic mass is 9.96. The van der Waals surface area contributed by atoms with Gasteiger partial charge in [0.1, 0.15) is 11.7 Å². The molecule has 1 aliphatic rings. The molecule has 4 heteroatoms. The lowest BCUT2D eigenvalue weighted by Crippen LogP contribution is -2.22. The van der Waals surface area contributed by atoms with Crippen LogP contribution in [-0.2, 0) is 19.1 Å². The number of Topliss-reactive ketones (excluding diaryl/α,β-unsaturated/α-hetero) is 2. The molecule has 0 saturated carbocycles. The maximum atomic E-state index is 11.8. The Morgan fingerprint density at radius 3 is 2.35 bits per heavy atom. The van der Waals surface area contributed by atoms with E-state index < -0.39 is 11.9 Å². The van der Waals surface area contributed by atoms with Crippen LogP contribution in [0, 0.1) is 5.92 Å². The average molecular weight is 282 g/mol. The predicted molar refractivity (Wildman–Crippen MR) is 76.3 cm³/mol. The molecule has 1 atom stereocenters. The average Bonchev–Trinajstić information content (AvgIpc) is 2.84. The van der Waals surface area contributed by atoms with Gasteiger partial charge in [-0.2, -0.15) is 0 Å². The summed E-state index contributed by atoms with van der Waals surface area (Å²) in [7, 11) is 0. The van der Waals surface area contributed by atoms with E-state index in [9.17, 15) is 14.4 Å². The van der Waals surface area contributed by atoms with Crippen molar-refractivity contribution in [3.05, 3.63) is 0 Å². The van der Waals surface area contributed by atoms with Gasteiger partial charge < -0.3 is 4.74 Å². The maximum Gasteiger partial charge on any atom is 0.316 e.